The number of benzene rings is 1. The minimum Gasteiger partial charge on any atom is -0.481 e. The molecule has 0 aliphatic carbocycles. The Bertz CT molecular complexity index is 465. The first-order chi connectivity index (χ1) is 8.92. The summed E-state index contributed by atoms with van der Waals surface area (Å²) in [4.78, 5) is 10.9. The van der Waals surface area contributed by atoms with Gasteiger partial charge >= 0.3 is 5.97 Å². The minimum absolute atomic E-state index is 0.0129. The van der Waals surface area contributed by atoms with Crippen LogP contribution in [0.2, 0.25) is 0 Å². The summed E-state index contributed by atoms with van der Waals surface area (Å²) in [6.45, 7) is 1.64. The molecule has 0 fully saturated rings. The van der Waals surface area contributed by atoms with Crippen LogP contribution >= 0.6 is 0 Å². The van der Waals surface area contributed by atoms with Crippen LogP contribution in [0.4, 0.5) is 13.2 Å². The molecule has 0 aliphatic heterocycles. The fourth-order valence-electron chi connectivity index (χ4n) is 2.01. The molecule has 0 saturated carbocycles. The third-order valence-electron chi connectivity index (χ3n) is 3.20. The van der Waals surface area contributed by atoms with Gasteiger partial charge in [0.1, 0.15) is 0 Å². The molecule has 3 nitrogen and oxygen atoms in total. The summed E-state index contributed by atoms with van der Waals surface area (Å²) >= 11 is 0. The molecule has 2 atom stereocenters. The summed E-state index contributed by atoms with van der Waals surface area (Å²) in [5.74, 6) is -6.48. The molecule has 0 spiro atoms. The highest BCUT2D eigenvalue weighted by molar-refractivity contribution is 5.70. The first-order valence-electron chi connectivity index (χ1n) is 5.98. The van der Waals surface area contributed by atoms with E-state index in [1.807, 2.05) is 0 Å². The van der Waals surface area contributed by atoms with Gasteiger partial charge in [-0.1, -0.05) is 13.0 Å². The van der Waals surface area contributed by atoms with E-state index in [1.54, 1.807) is 6.92 Å². The third kappa shape index (κ3) is 3.47. The van der Waals surface area contributed by atoms with Gasteiger partial charge in [0, 0.05) is 6.54 Å². The fraction of sp³-hybridized carbons (Fsp3) is 0.462. The van der Waals surface area contributed by atoms with Crippen molar-refractivity contribution in [2.75, 3.05) is 6.54 Å². The molecule has 6 heteroatoms. The standard InChI is InChI=1S/C13H16F3NO2/c1-2-7(5-8(6-17)13(18)19)9-3-4-10(14)12(16)11(9)15/h3-4,7-8H,2,5-6,17H2,1H3,(H,18,19). The Morgan fingerprint density at radius 3 is 2.42 bits per heavy atom. The molecule has 3 N–H and O–H groups in total. The average Bonchev–Trinajstić information content (AvgIpc) is 2.38. The van der Waals surface area contributed by atoms with Gasteiger partial charge in [-0.25, -0.2) is 13.2 Å². The highest BCUT2D eigenvalue weighted by Crippen LogP contribution is 2.30. The Morgan fingerprint density at radius 1 is 1.32 bits per heavy atom. The van der Waals surface area contributed by atoms with Gasteiger partial charge in [-0.2, -0.15) is 0 Å². The molecule has 0 amide bonds. The van der Waals surface area contributed by atoms with Crippen molar-refractivity contribution in [3.63, 3.8) is 0 Å². The number of hydrogen-bond acceptors (Lipinski definition) is 2. The van der Waals surface area contributed by atoms with Crippen molar-refractivity contribution in [2.24, 2.45) is 11.7 Å². The van der Waals surface area contributed by atoms with E-state index in [0.717, 1.165) is 12.1 Å². The number of nitrogens with two attached hydrogens (primary N) is 1. The number of carbonyl (C=O) groups is 1. The predicted octanol–water partition coefficient (Wildman–Crippen LogP) is 2.65. The molecule has 0 aliphatic rings. The second-order valence-corrected chi connectivity index (χ2v) is 4.38. The minimum atomic E-state index is -1.53. The lowest BCUT2D eigenvalue weighted by Gasteiger charge is -2.20. The van der Waals surface area contributed by atoms with Gasteiger partial charge in [-0.05, 0) is 30.4 Å². The van der Waals surface area contributed by atoms with Crippen molar-refractivity contribution >= 4 is 5.97 Å². The third-order valence-corrected chi connectivity index (χ3v) is 3.20. The van der Waals surface area contributed by atoms with Gasteiger partial charge in [-0.15, -0.1) is 0 Å². The van der Waals surface area contributed by atoms with E-state index in [-0.39, 0.29) is 18.5 Å². The van der Waals surface area contributed by atoms with Crippen LogP contribution in [0.25, 0.3) is 0 Å². The predicted molar refractivity (Wildman–Crippen MR) is 64.1 cm³/mol. The zero-order chi connectivity index (χ0) is 14.6. The maximum absolute atomic E-state index is 13.7. The molecule has 19 heavy (non-hydrogen) atoms. The molecule has 0 heterocycles. The molecule has 0 aromatic heterocycles. The first-order valence-corrected chi connectivity index (χ1v) is 5.98. The number of carboxylic acid groups (broad SMARTS) is 1. The van der Waals surface area contributed by atoms with Crippen LogP contribution in [-0.4, -0.2) is 17.6 Å². The van der Waals surface area contributed by atoms with Gasteiger partial charge in [-0.3, -0.25) is 4.79 Å². The van der Waals surface area contributed by atoms with E-state index in [9.17, 15) is 18.0 Å². The van der Waals surface area contributed by atoms with Crippen molar-refractivity contribution in [1.82, 2.24) is 0 Å². The van der Waals surface area contributed by atoms with Crippen LogP contribution < -0.4 is 5.73 Å². The van der Waals surface area contributed by atoms with Gasteiger partial charge < -0.3 is 10.8 Å². The van der Waals surface area contributed by atoms with Crippen molar-refractivity contribution in [2.45, 2.75) is 25.7 Å². The molecule has 1 aromatic rings. The van der Waals surface area contributed by atoms with Crippen LogP contribution in [0.1, 0.15) is 31.2 Å². The summed E-state index contributed by atoms with van der Waals surface area (Å²) < 4.78 is 39.7. The van der Waals surface area contributed by atoms with Crippen molar-refractivity contribution < 1.29 is 23.1 Å². The van der Waals surface area contributed by atoms with Gasteiger partial charge in [0.05, 0.1) is 5.92 Å². The molecular formula is C13H16F3NO2. The van der Waals surface area contributed by atoms with Gasteiger partial charge in [0.15, 0.2) is 17.5 Å². The summed E-state index contributed by atoms with van der Waals surface area (Å²) in [5, 5.41) is 8.92. The first kappa shape index (κ1) is 15.5. The Labute approximate surface area is 109 Å². The van der Waals surface area contributed by atoms with Crippen LogP contribution in [-0.2, 0) is 4.79 Å². The Balaban J connectivity index is 3.04. The smallest absolute Gasteiger partial charge is 0.307 e. The van der Waals surface area contributed by atoms with Crippen LogP contribution in [0, 0.1) is 23.4 Å². The Hall–Kier alpha value is -1.56. The monoisotopic (exact) mass is 275 g/mol. The number of hydrogen-bond donors (Lipinski definition) is 2. The SMILES string of the molecule is CCC(CC(CN)C(=O)O)c1ccc(F)c(F)c1F. The molecular weight excluding hydrogens is 259 g/mol. The second kappa shape index (κ2) is 6.56. The van der Waals surface area contributed by atoms with E-state index in [4.69, 9.17) is 10.8 Å². The van der Waals surface area contributed by atoms with Crippen LogP contribution in [0.15, 0.2) is 12.1 Å². The molecule has 106 valence electrons. The second-order valence-electron chi connectivity index (χ2n) is 4.38. The van der Waals surface area contributed by atoms with E-state index in [0.29, 0.717) is 6.42 Å². The lowest BCUT2D eigenvalue weighted by atomic mass is 9.86. The summed E-state index contributed by atoms with van der Waals surface area (Å²) in [7, 11) is 0. The van der Waals surface area contributed by atoms with Crippen molar-refractivity contribution in [3.8, 4) is 0 Å². The molecule has 1 aromatic carbocycles. The van der Waals surface area contributed by atoms with E-state index >= 15 is 0 Å². The van der Waals surface area contributed by atoms with Crippen LogP contribution in [0.3, 0.4) is 0 Å². The quantitative estimate of drug-likeness (QED) is 0.784. The lowest BCUT2D eigenvalue weighted by Crippen LogP contribution is -2.25. The Kier molecular flexibility index (Phi) is 5.35. The summed E-state index contributed by atoms with van der Waals surface area (Å²) in [5.41, 5.74) is 5.33. The number of halogens is 3. The van der Waals surface area contributed by atoms with Crippen molar-refractivity contribution in [3.05, 3.63) is 35.1 Å². The normalized spacial score (nSPS) is 14.2. The lowest BCUT2D eigenvalue weighted by molar-refractivity contribution is -0.141. The fourth-order valence-corrected chi connectivity index (χ4v) is 2.01. The van der Waals surface area contributed by atoms with Crippen molar-refractivity contribution in [1.29, 1.82) is 0 Å². The van der Waals surface area contributed by atoms with Gasteiger partial charge in [0.25, 0.3) is 0 Å². The van der Waals surface area contributed by atoms with E-state index in [2.05, 4.69) is 0 Å². The highest BCUT2D eigenvalue weighted by Gasteiger charge is 2.25. The number of carboxylic acids is 1. The zero-order valence-electron chi connectivity index (χ0n) is 10.5. The topological polar surface area (TPSA) is 63.3 Å². The highest BCUT2D eigenvalue weighted by atomic mass is 19.2. The van der Waals surface area contributed by atoms with Gasteiger partial charge in [0.2, 0.25) is 0 Å². The Morgan fingerprint density at radius 2 is 1.95 bits per heavy atom. The molecule has 0 bridgehead atoms. The van der Waals surface area contributed by atoms with Crippen LogP contribution in [0.5, 0.6) is 0 Å². The molecule has 1 rings (SSSR count). The average molecular weight is 275 g/mol. The van der Waals surface area contributed by atoms with E-state index in [1.165, 1.54) is 0 Å². The number of aliphatic carboxylic acids is 1. The van der Waals surface area contributed by atoms with E-state index < -0.39 is 35.3 Å². The zero-order valence-corrected chi connectivity index (χ0v) is 10.5. The molecule has 2 unspecified atom stereocenters. The maximum atomic E-state index is 13.7. The summed E-state index contributed by atoms with van der Waals surface area (Å²) in [6.07, 6.45) is 0.496. The molecule has 0 radical (unpaired) electrons. The molecule has 0 saturated heterocycles. The number of rotatable bonds is 6. The largest absolute Gasteiger partial charge is 0.481 e. The maximum Gasteiger partial charge on any atom is 0.307 e. The summed E-state index contributed by atoms with van der Waals surface area (Å²) in [6, 6.07) is 1.99.